The maximum absolute atomic E-state index is 13.3. The van der Waals surface area contributed by atoms with Crippen LogP contribution in [-0.2, 0) is 4.79 Å². The van der Waals surface area contributed by atoms with E-state index in [0.717, 1.165) is 0 Å². The summed E-state index contributed by atoms with van der Waals surface area (Å²) in [7, 11) is 0. The molecule has 1 aliphatic rings. The van der Waals surface area contributed by atoms with Gasteiger partial charge < -0.3 is 14.8 Å². The van der Waals surface area contributed by atoms with Gasteiger partial charge in [0.25, 0.3) is 5.56 Å². The Morgan fingerprint density at radius 1 is 1.09 bits per heavy atom. The average molecular weight is 485 g/mol. The first-order valence-electron chi connectivity index (χ1n) is 10.9. The van der Waals surface area contributed by atoms with E-state index in [0.29, 0.717) is 52.0 Å². The van der Waals surface area contributed by atoms with Crippen molar-refractivity contribution in [3.05, 3.63) is 88.7 Å². The molecule has 8 nitrogen and oxygen atoms in total. The number of benzene rings is 3. The summed E-state index contributed by atoms with van der Waals surface area (Å²) in [4.78, 5) is 30.5. The van der Waals surface area contributed by atoms with Crippen molar-refractivity contribution in [1.82, 2.24) is 14.9 Å². The fraction of sp³-hybridized carbons (Fsp3) is 0.154. The van der Waals surface area contributed by atoms with Gasteiger partial charge in [-0.25, -0.2) is 4.98 Å². The second-order valence-corrected chi connectivity index (χ2v) is 8.74. The van der Waals surface area contributed by atoms with Crippen LogP contribution in [0.2, 0.25) is 0 Å². The number of rotatable bonds is 6. The van der Waals surface area contributed by atoms with Crippen molar-refractivity contribution >= 4 is 28.6 Å². The molecule has 1 aliphatic heterocycles. The number of nitriles is 1. The zero-order chi connectivity index (χ0) is 24.2. The number of nitrogens with zero attached hydrogens (tertiary/aromatic N) is 3. The number of aromatic nitrogens is 2. The number of fused-ring (bicyclic) bond motifs is 2. The van der Waals surface area contributed by atoms with Crippen molar-refractivity contribution in [1.29, 1.82) is 5.26 Å². The first-order valence-corrected chi connectivity index (χ1v) is 11.9. The van der Waals surface area contributed by atoms with Crippen molar-refractivity contribution in [3.63, 3.8) is 0 Å². The van der Waals surface area contributed by atoms with Gasteiger partial charge in [-0.3, -0.25) is 14.2 Å². The van der Waals surface area contributed by atoms with Gasteiger partial charge in [0.1, 0.15) is 12.7 Å². The monoisotopic (exact) mass is 484 g/mol. The molecule has 5 rings (SSSR count). The molecule has 2 heterocycles. The zero-order valence-electron chi connectivity index (χ0n) is 18.5. The number of ether oxygens (including phenoxy) is 2. The molecule has 9 heteroatoms. The minimum atomic E-state index is -0.297. The Morgan fingerprint density at radius 3 is 2.63 bits per heavy atom. The van der Waals surface area contributed by atoms with Crippen LogP contribution in [0.4, 0.5) is 0 Å². The summed E-state index contributed by atoms with van der Waals surface area (Å²) in [6.07, 6.45) is -0.297. The Labute approximate surface area is 205 Å². The molecule has 1 amide bonds. The number of hydrogen-bond acceptors (Lipinski definition) is 7. The SMILES string of the molecule is N#Cc1ccc(-n2c(SCC(=O)NC[C@@H]3COc4ccccc4O3)nc3ccccc3c2=O)cc1. The van der Waals surface area contributed by atoms with Crippen molar-refractivity contribution < 1.29 is 14.3 Å². The third kappa shape index (κ3) is 4.83. The molecule has 1 atom stereocenters. The van der Waals surface area contributed by atoms with E-state index >= 15 is 0 Å². The van der Waals surface area contributed by atoms with Crippen LogP contribution in [0.3, 0.4) is 0 Å². The fourth-order valence-corrected chi connectivity index (χ4v) is 4.54. The lowest BCUT2D eigenvalue weighted by Gasteiger charge is -2.26. The molecule has 0 aliphatic carbocycles. The van der Waals surface area contributed by atoms with Crippen LogP contribution in [0.15, 0.2) is 82.7 Å². The highest BCUT2D eigenvalue weighted by Gasteiger charge is 2.21. The topological polar surface area (TPSA) is 106 Å². The number of thioether (sulfide) groups is 1. The molecule has 0 bridgehead atoms. The second kappa shape index (κ2) is 9.91. The molecular formula is C26H20N4O4S. The van der Waals surface area contributed by atoms with E-state index in [9.17, 15) is 9.59 Å². The van der Waals surface area contributed by atoms with E-state index in [1.807, 2.05) is 30.3 Å². The summed E-state index contributed by atoms with van der Waals surface area (Å²) in [5, 5.41) is 12.8. The average Bonchev–Trinajstić information content (AvgIpc) is 2.91. The van der Waals surface area contributed by atoms with Gasteiger partial charge in [-0.2, -0.15) is 5.26 Å². The molecule has 0 spiro atoms. The van der Waals surface area contributed by atoms with Crippen LogP contribution in [0.25, 0.3) is 16.6 Å². The molecule has 0 unspecified atom stereocenters. The maximum atomic E-state index is 13.3. The van der Waals surface area contributed by atoms with Gasteiger partial charge in [-0.1, -0.05) is 36.0 Å². The minimum absolute atomic E-state index is 0.0607. The van der Waals surface area contributed by atoms with Crippen LogP contribution >= 0.6 is 11.8 Å². The predicted molar refractivity (Wildman–Crippen MR) is 132 cm³/mol. The predicted octanol–water partition coefficient (Wildman–Crippen LogP) is 3.31. The first kappa shape index (κ1) is 22.5. The minimum Gasteiger partial charge on any atom is -0.486 e. The van der Waals surface area contributed by atoms with E-state index in [-0.39, 0.29) is 23.3 Å². The highest BCUT2D eigenvalue weighted by atomic mass is 32.2. The van der Waals surface area contributed by atoms with Gasteiger partial charge in [-0.15, -0.1) is 0 Å². The lowest BCUT2D eigenvalue weighted by Crippen LogP contribution is -2.41. The van der Waals surface area contributed by atoms with Crippen molar-refractivity contribution in [3.8, 4) is 23.3 Å². The van der Waals surface area contributed by atoms with Crippen LogP contribution in [0, 0.1) is 11.3 Å². The summed E-state index contributed by atoms with van der Waals surface area (Å²) >= 11 is 1.17. The Balaban J connectivity index is 1.31. The Bertz CT molecular complexity index is 1490. The number of carbonyl (C=O) groups is 1. The van der Waals surface area contributed by atoms with E-state index < -0.39 is 0 Å². The van der Waals surface area contributed by atoms with Gasteiger partial charge in [0.05, 0.1) is 40.5 Å². The number of nitrogens with one attached hydrogen (secondary N) is 1. The maximum Gasteiger partial charge on any atom is 0.266 e. The normalized spacial score (nSPS) is 14.3. The highest BCUT2D eigenvalue weighted by molar-refractivity contribution is 7.99. The molecule has 4 aromatic rings. The van der Waals surface area contributed by atoms with Crippen molar-refractivity contribution in [2.75, 3.05) is 18.9 Å². The van der Waals surface area contributed by atoms with Crippen molar-refractivity contribution in [2.45, 2.75) is 11.3 Å². The smallest absolute Gasteiger partial charge is 0.266 e. The molecule has 0 saturated carbocycles. The van der Waals surface area contributed by atoms with Gasteiger partial charge in [0, 0.05) is 0 Å². The standard InChI is InChI=1S/C26H20N4O4S/c27-13-17-9-11-18(12-10-17)30-25(32)20-5-1-2-6-21(20)29-26(30)35-16-24(31)28-14-19-15-33-22-7-3-4-8-23(22)34-19/h1-12,19H,14-16H2,(H,28,31)/t19-/m1/s1. The third-order valence-electron chi connectivity index (χ3n) is 5.43. The molecule has 35 heavy (non-hydrogen) atoms. The molecule has 1 aromatic heterocycles. The quantitative estimate of drug-likeness (QED) is 0.331. The zero-order valence-corrected chi connectivity index (χ0v) is 19.3. The van der Waals surface area contributed by atoms with E-state index in [2.05, 4.69) is 16.4 Å². The summed E-state index contributed by atoms with van der Waals surface area (Å²) < 4.78 is 13.0. The van der Waals surface area contributed by atoms with Gasteiger partial charge in [0.15, 0.2) is 16.7 Å². The number of hydrogen-bond donors (Lipinski definition) is 1. The Morgan fingerprint density at radius 2 is 1.83 bits per heavy atom. The van der Waals surface area contributed by atoms with E-state index in [1.54, 1.807) is 42.5 Å². The molecule has 3 aromatic carbocycles. The lowest BCUT2D eigenvalue weighted by atomic mass is 10.2. The number of carbonyl (C=O) groups excluding carboxylic acids is 1. The second-order valence-electron chi connectivity index (χ2n) is 7.80. The summed E-state index contributed by atoms with van der Waals surface area (Å²) in [6.45, 7) is 0.635. The fourth-order valence-electron chi connectivity index (χ4n) is 3.69. The van der Waals surface area contributed by atoms with Gasteiger partial charge >= 0.3 is 0 Å². The van der Waals surface area contributed by atoms with Gasteiger partial charge in [-0.05, 0) is 48.5 Å². The largest absolute Gasteiger partial charge is 0.486 e. The highest BCUT2D eigenvalue weighted by Crippen LogP contribution is 2.30. The lowest BCUT2D eigenvalue weighted by molar-refractivity contribution is -0.119. The van der Waals surface area contributed by atoms with Gasteiger partial charge in [0.2, 0.25) is 5.91 Å². The molecule has 1 N–H and O–H groups in total. The van der Waals surface area contributed by atoms with Crippen LogP contribution in [-0.4, -0.2) is 40.5 Å². The summed E-state index contributed by atoms with van der Waals surface area (Å²) in [5.74, 6) is 1.18. The van der Waals surface area contributed by atoms with Crippen LogP contribution in [0.1, 0.15) is 5.56 Å². The Hall–Kier alpha value is -4.29. The van der Waals surface area contributed by atoms with Crippen molar-refractivity contribution in [2.24, 2.45) is 0 Å². The molecule has 174 valence electrons. The summed E-state index contributed by atoms with van der Waals surface area (Å²) in [6, 6.07) is 23.2. The summed E-state index contributed by atoms with van der Waals surface area (Å²) in [5.41, 5.74) is 1.37. The number of para-hydroxylation sites is 3. The molecular weight excluding hydrogens is 464 g/mol. The van der Waals surface area contributed by atoms with Crippen LogP contribution < -0.4 is 20.3 Å². The van der Waals surface area contributed by atoms with E-state index in [1.165, 1.54) is 16.3 Å². The molecule has 0 fully saturated rings. The van der Waals surface area contributed by atoms with Crippen LogP contribution in [0.5, 0.6) is 11.5 Å². The Kier molecular flexibility index (Phi) is 6.37. The first-order chi connectivity index (χ1) is 17.1. The van der Waals surface area contributed by atoms with E-state index in [4.69, 9.17) is 14.7 Å². The third-order valence-corrected chi connectivity index (χ3v) is 6.36. The molecule has 0 radical (unpaired) electrons. The molecule has 0 saturated heterocycles. The number of amides is 1.